The van der Waals surface area contributed by atoms with E-state index >= 15 is 0 Å². The summed E-state index contributed by atoms with van der Waals surface area (Å²) >= 11 is 0. The van der Waals surface area contributed by atoms with E-state index in [1.807, 2.05) is 50.4 Å². The third kappa shape index (κ3) is 2.32. The maximum atomic E-state index is 11.1. The minimum absolute atomic E-state index is 0.426. The lowest BCUT2D eigenvalue weighted by Crippen LogP contribution is -2.12. The summed E-state index contributed by atoms with van der Waals surface area (Å²) < 4.78 is 3.29. The molecule has 3 rings (SSSR count). The summed E-state index contributed by atoms with van der Waals surface area (Å²) in [5.41, 5.74) is 3.03. The van der Waals surface area contributed by atoms with Crippen molar-refractivity contribution in [1.29, 1.82) is 0 Å². The average Bonchev–Trinajstić information content (AvgIpc) is 3.05. The number of amides is 1. The molecule has 22 heavy (non-hydrogen) atoms. The highest BCUT2D eigenvalue weighted by Crippen LogP contribution is 2.29. The highest BCUT2D eigenvalue weighted by Gasteiger charge is 2.20. The van der Waals surface area contributed by atoms with Gasteiger partial charge in [-0.05, 0) is 25.1 Å². The van der Waals surface area contributed by atoms with Gasteiger partial charge in [0.15, 0.2) is 0 Å². The van der Waals surface area contributed by atoms with Crippen LogP contribution >= 0.6 is 0 Å². The van der Waals surface area contributed by atoms with Crippen LogP contribution in [0.1, 0.15) is 5.56 Å². The molecule has 0 saturated carbocycles. The molecule has 0 saturated heterocycles. The van der Waals surface area contributed by atoms with Crippen molar-refractivity contribution in [3.05, 3.63) is 48.2 Å². The Morgan fingerprint density at radius 3 is 2.55 bits per heavy atom. The Morgan fingerprint density at radius 2 is 1.95 bits per heavy atom. The van der Waals surface area contributed by atoms with Crippen molar-refractivity contribution in [3.8, 4) is 17.1 Å². The monoisotopic (exact) mass is 297 g/mol. The summed E-state index contributed by atoms with van der Waals surface area (Å²) in [6.07, 6.45) is 0.553. The van der Waals surface area contributed by atoms with Crippen LogP contribution in [0.15, 0.2) is 42.6 Å². The van der Waals surface area contributed by atoms with E-state index in [0.29, 0.717) is 11.5 Å². The molecule has 0 radical (unpaired) electrons. The number of anilines is 1. The fourth-order valence-electron chi connectivity index (χ4n) is 2.35. The normalized spacial score (nSPS) is 10.6. The standard InChI is InChI=1S/C15H15N5O2/c1-10-13(12-8-9-16-19(12)2)18-20(14(10)17-15(21)22)11-6-4-3-5-7-11/h3-9,17H,1-2H3,(H,21,22). The molecule has 112 valence electrons. The number of aryl methyl sites for hydroxylation is 1. The van der Waals surface area contributed by atoms with Crippen molar-refractivity contribution in [1.82, 2.24) is 19.6 Å². The lowest BCUT2D eigenvalue weighted by Gasteiger charge is -2.07. The van der Waals surface area contributed by atoms with Crippen molar-refractivity contribution >= 4 is 11.9 Å². The second-order valence-electron chi connectivity index (χ2n) is 4.84. The first-order valence-corrected chi connectivity index (χ1v) is 6.71. The van der Waals surface area contributed by atoms with Crippen LogP contribution in [0.4, 0.5) is 10.6 Å². The predicted molar refractivity (Wildman–Crippen MR) is 82.2 cm³/mol. The molecule has 1 aromatic carbocycles. The Kier molecular flexibility index (Phi) is 3.38. The summed E-state index contributed by atoms with van der Waals surface area (Å²) in [5.74, 6) is 0.426. The maximum Gasteiger partial charge on any atom is 0.410 e. The van der Waals surface area contributed by atoms with Gasteiger partial charge in [-0.25, -0.2) is 9.48 Å². The van der Waals surface area contributed by atoms with E-state index in [2.05, 4.69) is 15.5 Å². The number of nitrogens with one attached hydrogen (secondary N) is 1. The number of aromatic nitrogens is 4. The summed E-state index contributed by atoms with van der Waals surface area (Å²) in [6, 6.07) is 11.2. The van der Waals surface area contributed by atoms with E-state index in [-0.39, 0.29) is 0 Å². The highest BCUT2D eigenvalue weighted by atomic mass is 16.4. The van der Waals surface area contributed by atoms with Crippen LogP contribution in [-0.2, 0) is 7.05 Å². The van der Waals surface area contributed by atoms with Gasteiger partial charge >= 0.3 is 6.09 Å². The van der Waals surface area contributed by atoms with Crippen molar-refractivity contribution in [2.24, 2.45) is 7.05 Å². The summed E-state index contributed by atoms with van der Waals surface area (Å²) in [4.78, 5) is 11.1. The minimum Gasteiger partial charge on any atom is -0.465 e. The number of benzene rings is 1. The Labute approximate surface area is 126 Å². The van der Waals surface area contributed by atoms with Crippen LogP contribution in [-0.4, -0.2) is 30.8 Å². The molecule has 2 heterocycles. The molecule has 0 fully saturated rings. The van der Waals surface area contributed by atoms with Gasteiger partial charge in [-0.2, -0.15) is 10.2 Å². The number of nitrogens with zero attached hydrogens (tertiary/aromatic N) is 4. The second-order valence-corrected chi connectivity index (χ2v) is 4.84. The molecule has 0 spiro atoms. The van der Waals surface area contributed by atoms with Crippen LogP contribution in [0.5, 0.6) is 0 Å². The topological polar surface area (TPSA) is 85.0 Å². The van der Waals surface area contributed by atoms with Crippen molar-refractivity contribution < 1.29 is 9.90 Å². The van der Waals surface area contributed by atoms with E-state index in [1.165, 1.54) is 0 Å². The lowest BCUT2D eigenvalue weighted by atomic mass is 10.2. The molecule has 0 aliphatic carbocycles. The quantitative estimate of drug-likeness (QED) is 0.778. The van der Waals surface area contributed by atoms with Crippen LogP contribution < -0.4 is 5.32 Å². The van der Waals surface area contributed by atoms with Crippen LogP contribution in [0, 0.1) is 6.92 Å². The fourth-order valence-corrected chi connectivity index (χ4v) is 2.35. The zero-order valence-corrected chi connectivity index (χ0v) is 12.2. The van der Waals surface area contributed by atoms with Crippen molar-refractivity contribution in [3.63, 3.8) is 0 Å². The van der Waals surface area contributed by atoms with Gasteiger partial charge in [-0.1, -0.05) is 18.2 Å². The van der Waals surface area contributed by atoms with Gasteiger partial charge in [0.2, 0.25) is 0 Å². The molecule has 0 aliphatic heterocycles. The fraction of sp³-hybridized carbons (Fsp3) is 0.133. The van der Waals surface area contributed by atoms with E-state index in [4.69, 9.17) is 5.11 Å². The zero-order chi connectivity index (χ0) is 15.7. The van der Waals surface area contributed by atoms with Crippen LogP contribution in [0.3, 0.4) is 0 Å². The van der Waals surface area contributed by atoms with Crippen LogP contribution in [0.25, 0.3) is 17.1 Å². The zero-order valence-electron chi connectivity index (χ0n) is 12.2. The predicted octanol–water partition coefficient (Wildman–Crippen LogP) is 2.67. The van der Waals surface area contributed by atoms with E-state index in [1.54, 1.807) is 15.6 Å². The molecule has 0 atom stereocenters. The molecule has 3 aromatic rings. The van der Waals surface area contributed by atoms with Gasteiger partial charge in [0.05, 0.1) is 11.4 Å². The summed E-state index contributed by atoms with van der Waals surface area (Å²) in [5, 5.41) is 20.2. The Hall–Kier alpha value is -3.09. The molecule has 2 N–H and O–H groups in total. The number of hydrogen-bond acceptors (Lipinski definition) is 3. The highest BCUT2D eigenvalue weighted by molar-refractivity contribution is 5.85. The SMILES string of the molecule is Cc1c(-c2ccnn2C)nn(-c2ccccc2)c1NC(=O)O. The lowest BCUT2D eigenvalue weighted by molar-refractivity contribution is 0.209. The van der Waals surface area contributed by atoms with Gasteiger partial charge in [-0.15, -0.1) is 0 Å². The van der Waals surface area contributed by atoms with Gasteiger partial charge < -0.3 is 5.11 Å². The molecule has 7 nitrogen and oxygen atoms in total. The number of rotatable bonds is 3. The first-order valence-electron chi connectivity index (χ1n) is 6.71. The van der Waals surface area contributed by atoms with E-state index in [9.17, 15) is 4.79 Å². The Balaban J connectivity index is 2.21. The first kappa shape index (κ1) is 13.9. The van der Waals surface area contributed by atoms with Gasteiger partial charge in [0.1, 0.15) is 11.5 Å². The summed E-state index contributed by atoms with van der Waals surface area (Å²) in [6.45, 7) is 1.83. The Morgan fingerprint density at radius 1 is 1.23 bits per heavy atom. The third-order valence-electron chi connectivity index (χ3n) is 3.41. The number of carboxylic acid groups (broad SMARTS) is 1. The van der Waals surface area contributed by atoms with Gasteiger partial charge in [0.25, 0.3) is 0 Å². The maximum absolute atomic E-state index is 11.1. The van der Waals surface area contributed by atoms with Crippen molar-refractivity contribution in [2.75, 3.05) is 5.32 Å². The van der Waals surface area contributed by atoms with Crippen LogP contribution in [0.2, 0.25) is 0 Å². The molecule has 0 aliphatic rings. The number of para-hydroxylation sites is 1. The first-order chi connectivity index (χ1) is 10.6. The molecule has 2 aromatic heterocycles. The average molecular weight is 297 g/mol. The Bertz CT molecular complexity index is 820. The molecule has 7 heteroatoms. The second kappa shape index (κ2) is 5.36. The summed E-state index contributed by atoms with van der Waals surface area (Å²) in [7, 11) is 1.82. The molecule has 0 bridgehead atoms. The smallest absolute Gasteiger partial charge is 0.410 e. The van der Waals surface area contributed by atoms with E-state index in [0.717, 1.165) is 16.9 Å². The van der Waals surface area contributed by atoms with Gasteiger partial charge in [0, 0.05) is 18.8 Å². The molecule has 0 unspecified atom stereocenters. The molecular weight excluding hydrogens is 282 g/mol. The third-order valence-corrected chi connectivity index (χ3v) is 3.41. The number of hydrogen-bond donors (Lipinski definition) is 2. The van der Waals surface area contributed by atoms with Gasteiger partial charge in [-0.3, -0.25) is 10.00 Å². The van der Waals surface area contributed by atoms with E-state index < -0.39 is 6.09 Å². The minimum atomic E-state index is -1.13. The molecule has 1 amide bonds. The largest absolute Gasteiger partial charge is 0.465 e. The number of carbonyl (C=O) groups is 1. The van der Waals surface area contributed by atoms with Crippen molar-refractivity contribution in [2.45, 2.75) is 6.92 Å². The molecular formula is C15H15N5O2.